The van der Waals surface area contributed by atoms with Gasteiger partial charge in [-0.05, 0) is 0 Å². The van der Waals surface area contributed by atoms with Gasteiger partial charge in [-0.15, -0.1) is 0 Å². The fourth-order valence-corrected chi connectivity index (χ4v) is 2.28. The van der Waals surface area contributed by atoms with Crippen LogP contribution in [0.4, 0.5) is 0 Å². The average molecular weight is 215 g/mol. The summed E-state index contributed by atoms with van der Waals surface area (Å²) in [4.78, 5) is 0. The van der Waals surface area contributed by atoms with Crippen molar-refractivity contribution in [2.75, 3.05) is 26.9 Å². The third kappa shape index (κ3) is 2.71. The van der Waals surface area contributed by atoms with E-state index in [0.717, 1.165) is 0 Å². The second-order valence-corrected chi connectivity index (χ2v) is 5.84. The molecule has 0 amide bonds. The van der Waals surface area contributed by atoms with Crippen molar-refractivity contribution in [3.05, 3.63) is 0 Å². The van der Waals surface area contributed by atoms with Crippen molar-refractivity contribution in [1.29, 1.82) is 0 Å². The predicted molar refractivity (Wildman–Crippen MR) is 45.3 cm³/mol. The summed E-state index contributed by atoms with van der Waals surface area (Å²) in [6.07, 6.45) is 0. The summed E-state index contributed by atoms with van der Waals surface area (Å²) in [5.41, 5.74) is -0.239. The molecule has 0 unspecified atom stereocenters. The van der Waals surface area contributed by atoms with E-state index in [0.29, 0.717) is 19.8 Å². The second kappa shape index (κ2) is 3.64. The average Bonchev–Trinajstić information content (AvgIpc) is 1.98. The number of halogens is 1. The zero-order valence-electron chi connectivity index (χ0n) is 7.08. The summed E-state index contributed by atoms with van der Waals surface area (Å²) in [6, 6.07) is 0. The van der Waals surface area contributed by atoms with Gasteiger partial charge in [0, 0.05) is 23.8 Å². The van der Waals surface area contributed by atoms with E-state index < -0.39 is 6.95 Å². The molecular weight excluding hydrogens is 202 g/mol. The molecular formula is C6H12ClO4P. The molecule has 0 saturated carbocycles. The number of ether oxygens (including phenoxy) is 1. The normalized spacial score (nSPS) is 42.9. The molecule has 0 N–H and O–H groups in total. The van der Waals surface area contributed by atoms with Crippen molar-refractivity contribution < 1.29 is 18.3 Å². The first-order valence-electron chi connectivity index (χ1n) is 3.55. The van der Waals surface area contributed by atoms with E-state index >= 15 is 0 Å². The van der Waals surface area contributed by atoms with Crippen molar-refractivity contribution in [3.8, 4) is 0 Å². The first-order valence-corrected chi connectivity index (χ1v) is 6.00. The summed E-state index contributed by atoms with van der Waals surface area (Å²) >= 11 is 5.37. The highest BCUT2D eigenvalue weighted by Crippen LogP contribution is 2.57. The quantitative estimate of drug-likeness (QED) is 0.660. The molecule has 0 aromatic rings. The van der Waals surface area contributed by atoms with E-state index in [9.17, 15) is 4.57 Å². The van der Waals surface area contributed by atoms with Crippen molar-refractivity contribution in [2.45, 2.75) is 6.92 Å². The Labute approximate surface area is 76.5 Å². The molecule has 1 fully saturated rings. The maximum atomic E-state index is 11.0. The minimum Gasteiger partial charge on any atom is -0.384 e. The van der Waals surface area contributed by atoms with Crippen LogP contribution in [0.15, 0.2) is 0 Å². The molecule has 0 aromatic heterocycles. The van der Waals surface area contributed by atoms with Gasteiger partial charge >= 0.3 is 6.95 Å². The van der Waals surface area contributed by atoms with E-state index in [2.05, 4.69) is 0 Å². The van der Waals surface area contributed by atoms with Crippen LogP contribution >= 0.6 is 18.2 Å². The molecule has 4 nitrogen and oxygen atoms in total. The number of rotatable bonds is 2. The molecule has 0 atom stereocenters. The Hall–Kier alpha value is 0.400. The minimum absolute atomic E-state index is 0.239. The molecule has 0 bridgehead atoms. The molecule has 6 heteroatoms. The van der Waals surface area contributed by atoms with E-state index in [1.54, 1.807) is 7.11 Å². The molecule has 0 aliphatic carbocycles. The van der Waals surface area contributed by atoms with Gasteiger partial charge in [0.15, 0.2) is 0 Å². The van der Waals surface area contributed by atoms with Crippen molar-refractivity contribution in [3.63, 3.8) is 0 Å². The van der Waals surface area contributed by atoms with Crippen LogP contribution < -0.4 is 0 Å². The number of hydrogen-bond acceptors (Lipinski definition) is 4. The molecule has 1 aliphatic heterocycles. The van der Waals surface area contributed by atoms with Crippen LogP contribution in [-0.2, 0) is 18.3 Å². The van der Waals surface area contributed by atoms with Crippen LogP contribution in [0, 0.1) is 5.41 Å². The Balaban J connectivity index is 2.49. The lowest BCUT2D eigenvalue weighted by Crippen LogP contribution is -2.35. The zero-order chi connectivity index (χ0) is 9.24. The topological polar surface area (TPSA) is 44.8 Å². The van der Waals surface area contributed by atoms with Crippen LogP contribution in [0.3, 0.4) is 0 Å². The summed E-state index contributed by atoms with van der Waals surface area (Å²) in [5, 5.41) is 0. The SMILES string of the molecule is COCC1(C)COP(=O)(Cl)OC1. The van der Waals surface area contributed by atoms with Gasteiger partial charge in [-0.2, -0.15) is 0 Å². The predicted octanol–water partition coefficient (Wildman–Crippen LogP) is 2.03. The lowest BCUT2D eigenvalue weighted by Gasteiger charge is -2.33. The molecule has 0 aromatic carbocycles. The standard InChI is InChI=1S/C6H12ClO4P/c1-6(3-9-2)4-10-12(7,8)11-5-6/h3-5H2,1-2H3. The fourth-order valence-electron chi connectivity index (χ4n) is 0.977. The Morgan fingerprint density at radius 1 is 1.58 bits per heavy atom. The Morgan fingerprint density at radius 3 is 2.50 bits per heavy atom. The van der Waals surface area contributed by atoms with Gasteiger partial charge in [0.05, 0.1) is 19.8 Å². The van der Waals surface area contributed by atoms with Gasteiger partial charge in [0.1, 0.15) is 0 Å². The zero-order valence-corrected chi connectivity index (χ0v) is 8.73. The highest BCUT2D eigenvalue weighted by Gasteiger charge is 2.38. The molecule has 0 spiro atoms. The minimum atomic E-state index is -3.27. The fraction of sp³-hybridized carbons (Fsp3) is 1.00. The molecule has 1 heterocycles. The lowest BCUT2D eigenvalue weighted by atomic mass is 9.95. The lowest BCUT2D eigenvalue weighted by molar-refractivity contribution is -0.0173. The van der Waals surface area contributed by atoms with Crippen LogP contribution in [-0.4, -0.2) is 26.9 Å². The summed E-state index contributed by atoms with van der Waals surface area (Å²) in [5.74, 6) is 0. The number of hydrogen-bond donors (Lipinski definition) is 0. The van der Waals surface area contributed by atoms with Gasteiger partial charge in [-0.3, -0.25) is 9.05 Å². The molecule has 1 aliphatic rings. The maximum absolute atomic E-state index is 11.0. The molecule has 1 saturated heterocycles. The van der Waals surface area contributed by atoms with Gasteiger partial charge < -0.3 is 4.74 Å². The largest absolute Gasteiger partial charge is 0.424 e. The summed E-state index contributed by atoms with van der Waals surface area (Å²) in [6.45, 7) is -0.232. The Bertz CT molecular complexity index is 196. The van der Waals surface area contributed by atoms with Crippen molar-refractivity contribution in [1.82, 2.24) is 0 Å². The molecule has 0 radical (unpaired) electrons. The summed E-state index contributed by atoms with van der Waals surface area (Å²) in [7, 11) is 1.60. The van der Waals surface area contributed by atoms with Crippen LogP contribution in [0.25, 0.3) is 0 Å². The maximum Gasteiger partial charge on any atom is 0.424 e. The molecule has 72 valence electrons. The monoisotopic (exact) mass is 214 g/mol. The molecule has 1 rings (SSSR count). The van der Waals surface area contributed by atoms with Crippen molar-refractivity contribution in [2.24, 2.45) is 5.41 Å². The van der Waals surface area contributed by atoms with E-state index in [1.807, 2.05) is 6.92 Å². The highest BCUT2D eigenvalue weighted by atomic mass is 35.7. The Morgan fingerprint density at radius 2 is 2.08 bits per heavy atom. The smallest absolute Gasteiger partial charge is 0.384 e. The van der Waals surface area contributed by atoms with Crippen LogP contribution in [0.5, 0.6) is 0 Å². The van der Waals surface area contributed by atoms with E-state index in [1.165, 1.54) is 0 Å². The first kappa shape index (κ1) is 10.5. The highest BCUT2D eigenvalue weighted by molar-refractivity contribution is 7.81. The van der Waals surface area contributed by atoms with Gasteiger partial charge in [0.25, 0.3) is 0 Å². The van der Waals surface area contributed by atoms with Gasteiger partial charge in [0.2, 0.25) is 0 Å². The molecule has 12 heavy (non-hydrogen) atoms. The Kier molecular flexibility index (Phi) is 3.18. The second-order valence-electron chi connectivity index (χ2n) is 3.22. The first-order chi connectivity index (χ1) is 5.47. The van der Waals surface area contributed by atoms with Crippen LogP contribution in [0.2, 0.25) is 0 Å². The van der Waals surface area contributed by atoms with Crippen LogP contribution in [0.1, 0.15) is 6.92 Å². The number of methoxy groups -OCH3 is 1. The van der Waals surface area contributed by atoms with Crippen molar-refractivity contribution >= 4 is 18.2 Å². The third-order valence-electron chi connectivity index (χ3n) is 1.63. The van der Waals surface area contributed by atoms with E-state index in [-0.39, 0.29) is 5.41 Å². The third-order valence-corrected chi connectivity index (χ3v) is 3.09. The van der Waals surface area contributed by atoms with E-state index in [4.69, 9.17) is 25.0 Å². The summed E-state index contributed by atoms with van der Waals surface area (Å²) < 4.78 is 25.7. The van der Waals surface area contributed by atoms with Gasteiger partial charge in [-0.1, -0.05) is 6.92 Å². The van der Waals surface area contributed by atoms with Gasteiger partial charge in [-0.25, -0.2) is 4.57 Å².